The summed E-state index contributed by atoms with van der Waals surface area (Å²) in [6, 6.07) is 0. The van der Waals surface area contributed by atoms with Crippen molar-refractivity contribution in [1.82, 2.24) is 0 Å². The molecule has 5 N–H and O–H groups in total. The van der Waals surface area contributed by atoms with E-state index >= 15 is 0 Å². The van der Waals surface area contributed by atoms with Crippen LogP contribution < -0.4 is 0 Å². The third kappa shape index (κ3) is 3.04. The second-order valence-corrected chi connectivity index (χ2v) is 2.71. The Hall–Kier alpha value is -0.200. The minimum atomic E-state index is -1.51. The van der Waals surface area contributed by atoms with Crippen LogP contribution in [0.1, 0.15) is 13.3 Å². The fourth-order valence-corrected chi connectivity index (χ4v) is 0.805. The van der Waals surface area contributed by atoms with Crippen LogP contribution in [0.25, 0.3) is 0 Å². The van der Waals surface area contributed by atoms with Gasteiger partial charge in [-0.25, -0.2) is 0 Å². The molecule has 5 nitrogen and oxygen atoms in total. The first-order valence-electron chi connectivity index (χ1n) is 3.87. The summed E-state index contributed by atoms with van der Waals surface area (Å²) in [5.74, 6) is 0. The average Bonchev–Trinajstić information content (AvgIpc) is 2.12. The van der Waals surface area contributed by atoms with E-state index in [0.29, 0.717) is 0 Å². The normalized spacial score (nSPS) is 21.5. The molecule has 0 aliphatic rings. The minimum Gasteiger partial charge on any atom is -0.394 e. The van der Waals surface area contributed by atoms with E-state index in [-0.39, 0.29) is 6.42 Å². The number of hydrogen-bond acceptors (Lipinski definition) is 5. The van der Waals surface area contributed by atoms with Crippen molar-refractivity contribution in [2.24, 2.45) is 0 Å². The lowest BCUT2D eigenvalue weighted by Crippen LogP contribution is -2.45. The molecule has 1 unspecified atom stereocenters. The molecule has 0 bridgehead atoms. The molecule has 0 aromatic heterocycles. The van der Waals surface area contributed by atoms with Gasteiger partial charge in [-0.3, -0.25) is 0 Å². The van der Waals surface area contributed by atoms with Gasteiger partial charge in [0, 0.05) is 0 Å². The third-order valence-electron chi connectivity index (χ3n) is 1.74. The Labute approximate surface area is 70.9 Å². The molecule has 0 rings (SSSR count). The van der Waals surface area contributed by atoms with Gasteiger partial charge >= 0.3 is 0 Å². The van der Waals surface area contributed by atoms with Crippen LogP contribution in [0.5, 0.6) is 0 Å². The molecule has 0 saturated carbocycles. The molecule has 0 aromatic carbocycles. The molecule has 0 aliphatic heterocycles. The van der Waals surface area contributed by atoms with Crippen molar-refractivity contribution in [3.05, 3.63) is 0 Å². The van der Waals surface area contributed by atoms with Crippen molar-refractivity contribution >= 4 is 0 Å². The molecule has 0 saturated heterocycles. The largest absolute Gasteiger partial charge is 0.394 e. The van der Waals surface area contributed by atoms with E-state index in [0.717, 1.165) is 0 Å². The van der Waals surface area contributed by atoms with Gasteiger partial charge in [0.15, 0.2) is 0 Å². The molecule has 0 aliphatic carbocycles. The molecule has 0 spiro atoms. The Morgan fingerprint density at radius 1 is 0.917 bits per heavy atom. The number of aliphatic hydroxyl groups is 5. The summed E-state index contributed by atoms with van der Waals surface area (Å²) in [4.78, 5) is 0. The summed E-state index contributed by atoms with van der Waals surface area (Å²) in [6.07, 6.45) is -5.15. The van der Waals surface area contributed by atoms with Gasteiger partial charge < -0.3 is 25.5 Å². The van der Waals surface area contributed by atoms with Crippen molar-refractivity contribution in [2.75, 3.05) is 6.61 Å². The molecule has 4 atom stereocenters. The van der Waals surface area contributed by atoms with Gasteiger partial charge in [-0.1, -0.05) is 6.92 Å². The molecule has 0 aromatic rings. The van der Waals surface area contributed by atoms with E-state index < -0.39 is 31.0 Å². The third-order valence-corrected chi connectivity index (χ3v) is 1.74. The zero-order valence-corrected chi connectivity index (χ0v) is 6.96. The second kappa shape index (κ2) is 5.45. The highest BCUT2D eigenvalue weighted by molar-refractivity contribution is 4.79. The molecule has 0 heterocycles. The Balaban J connectivity index is 3.99. The highest BCUT2D eigenvalue weighted by Crippen LogP contribution is 2.06. The van der Waals surface area contributed by atoms with Crippen LogP contribution in [0, 0.1) is 0 Å². The lowest BCUT2D eigenvalue weighted by atomic mass is 10.0. The molecular formula is C7H16O5. The quantitative estimate of drug-likeness (QED) is 0.331. The maximum Gasteiger partial charge on any atom is 0.110 e. The Kier molecular flexibility index (Phi) is 5.36. The lowest BCUT2D eigenvalue weighted by Gasteiger charge is -2.24. The summed E-state index contributed by atoms with van der Waals surface area (Å²) in [5.41, 5.74) is 0. The van der Waals surface area contributed by atoms with Crippen molar-refractivity contribution in [1.29, 1.82) is 0 Å². The van der Waals surface area contributed by atoms with Crippen LogP contribution in [0.3, 0.4) is 0 Å². The predicted molar refractivity (Wildman–Crippen MR) is 41.4 cm³/mol. The minimum absolute atomic E-state index is 0.274. The molecule has 0 radical (unpaired) electrons. The summed E-state index contributed by atoms with van der Waals surface area (Å²) < 4.78 is 0. The van der Waals surface area contributed by atoms with E-state index in [1.54, 1.807) is 6.92 Å². The lowest BCUT2D eigenvalue weighted by molar-refractivity contribution is -0.115. The number of hydrogen-bond donors (Lipinski definition) is 5. The summed E-state index contributed by atoms with van der Waals surface area (Å²) in [6.45, 7) is 0.987. The zero-order valence-electron chi connectivity index (χ0n) is 6.96. The van der Waals surface area contributed by atoms with Crippen LogP contribution in [-0.2, 0) is 0 Å². The predicted octanol–water partition coefficient (Wildman–Crippen LogP) is -2.17. The van der Waals surface area contributed by atoms with Crippen molar-refractivity contribution in [2.45, 2.75) is 37.8 Å². The maximum atomic E-state index is 9.12. The molecular weight excluding hydrogens is 164 g/mol. The average molecular weight is 180 g/mol. The fraction of sp³-hybridized carbons (Fsp3) is 1.00. The first-order chi connectivity index (χ1) is 5.54. The van der Waals surface area contributed by atoms with E-state index in [9.17, 15) is 0 Å². The SMILES string of the molecule is CC[C@H](O)C(O)[C@H](O)[C@H](O)CO. The van der Waals surface area contributed by atoms with Gasteiger partial charge in [0.05, 0.1) is 12.7 Å². The van der Waals surface area contributed by atoms with Gasteiger partial charge in [-0.05, 0) is 6.42 Å². The van der Waals surface area contributed by atoms with Crippen molar-refractivity contribution in [3.8, 4) is 0 Å². The number of aliphatic hydroxyl groups excluding tert-OH is 5. The van der Waals surface area contributed by atoms with Gasteiger partial charge in [-0.15, -0.1) is 0 Å². The second-order valence-electron chi connectivity index (χ2n) is 2.71. The van der Waals surface area contributed by atoms with Gasteiger partial charge in [0.1, 0.15) is 18.3 Å². The van der Waals surface area contributed by atoms with Crippen molar-refractivity contribution < 1.29 is 25.5 Å². The first kappa shape index (κ1) is 11.8. The summed E-state index contributed by atoms with van der Waals surface area (Å²) in [7, 11) is 0. The number of rotatable bonds is 5. The zero-order chi connectivity index (χ0) is 9.72. The van der Waals surface area contributed by atoms with Gasteiger partial charge in [0.25, 0.3) is 0 Å². The fourth-order valence-electron chi connectivity index (χ4n) is 0.805. The monoisotopic (exact) mass is 180 g/mol. The Bertz CT molecular complexity index is 104. The molecule has 0 fully saturated rings. The standard InChI is InChI=1S/C7H16O5/c1-2-4(9)6(11)7(12)5(10)3-8/h4-12H,2-3H2,1H3/t4-,5+,6?,7+/m0/s1. The molecule has 5 heteroatoms. The van der Waals surface area contributed by atoms with Crippen LogP contribution in [0.4, 0.5) is 0 Å². The van der Waals surface area contributed by atoms with Gasteiger partial charge in [-0.2, -0.15) is 0 Å². The van der Waals surface area contributed by atoms with Gasteiger partial charge in [0.2, 0.25) is 0 Å². The molecule has 12 heavy (non-hydrogen) atoms. The topological polar surface area (TPSA) is 101 Å². The van der Waals surface area contributed by atoms with Crippen LogP contribution in [0.15, 0.2) is 0 Å². The van der Waals surface area contributed by atoms with Crippen molar-refractivity contribution in [3.63, 3.8) is 0 Å². The van der Waals surface area contributed by atoms with Crippen LogP contribution in [0.2, 0.25) is 0 Å². The van der Waals surface area contributed by atoms with E-state index in [1.165, 1.54) is 0 Å². The smallest absolute Gasteiger partial charge is 0.110 e. The summed E-state index contributed by atoms with van der Waals surface area (Å²) >= 11 is 0. The highest BCUT2D eigenvalue weighted by atomic mass is 16.4. The summed E-state index contributed by atoms with van der Waals surface area (Å²) in [5, 5.41) is 44.5. The van der Waals surface area contributed by atoms with Crippen LogP contribution in [-0.4, -0.2) is 56.6 Å². The maximum absolute atomic E-state index is 9.12. The molecule has 0 amide bonds. The Morgan fingerprint density at radius 3 is 1.67 bits per heavy atom. The Morgan fingerprint density at radius 2 is 1.33 bits per heavy atom. The van der Waals surface area contributed by atoms with E-state index in [1.807, 2.05) is 0 Å². The van der Waals surface area contributed by atoms with Crippen LogP contribution >= 0.6 is 0 Å². The van der Waals surface area contributed by atoms with E-state index in [2.05, 4.69) is 0 Å². The molecule has 74 valence electrons. The first-order valence-corrected chi connectivity index (χ1v) is 3.87. The van der Waals surface area contributed by atoms with E-state index in [4.69, 9.17) is 25.5 Å². The highest BCUT2D eigenvalue weighted by Gasteiger charge is 2.28.